The first-order chi connectivity index (χ1) is 11.4. The third-order valence-corrected chi connectivity index (χ3v) is 3.52. The second kappa shape index (κ2) is 7.90. The van der Waals surface area contributed by atoms with Crippen molar-refractivity contribution in [3.63, 3.8) is 0 Å². The van der Waals surface area contributed by atoms with Crippen LogP contribution in [0.2, 0.25) is 0 Å². The van der Waals surface area contributed by atoms with E-state index in [1.165, 1.54) is 0 Å². The van der Waals surface area contributed by atoms with Crippen molar-refractivity contribution in [1.29, 1.82) is 0 Å². The molecule has 5 nitrogen and oxygen atoms in total. The maximum absolute atomic E-state index is 12.4. The largest absolute Gasteiger partial charge is 0.444 e. The Labute approximate surface area is 142 Å². The zero-order valence-corrected chi connectivity index (χ0v) is 14.5. The molecule has 1 amide bonds. The molecule has 0 spiro atoms. The average molecular weight is 328 g/mol. The number of nitroso groups, excluding NO2 is 1. The number of nitrogens with zero attached hydrogens (tertiary/aromatic N) is 2. The number of ether oxygens (including phenoxy) is 1. The Balaban J connectivity index is 2.15. The van der Waals surface area contributed by atoms with Crippen molar-refractivity contribution < 1.29 is 9.53 Å². The summed E-state index contributed by atoms with van der Waals surface area (Å²) in [6, 6.07) is 14.2. The molecule has 2 aromatic rings. The van der Waals surface area contributed by atoms with Crippen molar-refractivity contribution in [2.24, 2.45) is 5.18 Å². The van der Waals surface area contributed by atoms with E-state index >= 15 is 0 Å². The standard InChI is InChI=1S/C19H24N2O3/c1-19(2,3)24-18(22)21(12-6-11-20-23)14-15-9-10-16-7-4-5-8-17(16)13-15/h4-5,7-10,13H,6,11-12,14H2,1-3H3. The van der Waals surface area contributed by atoms with Crippen LogP contribution in [0.5, 0.6) is 0 Å². The third kappa shape index (κ3) is 5.33. The van der Waals surface area contributed by atoms with Crippen molar-refractivity contribution in [2.45, 2.75) is 39.3 Å². The van der Waals surface area contributed by atoms with E-state index in [2.05, 4.69) is 17.3 Å². The monoisotopic (exact) mass is 328 g/mol. The molecule has 0 unspecified atom stereocenters. The van der Waals surface area contributed by atoms with Gasteiger partial charge >= 0.3 is 6.09 Å². The molecule has 0 aliphatic carbocycles. The second-order valence-corrected chi connectivity index (χ2v) is 6.79. The average Bonchev–Trinajstić information content (AvgIpc) is 2.52. The number of rotatable bonds is 6. The van der Waals surface area contributed by atoms with Crippen molar-refractivity contribution in [2.75, 3.05) is 13.1 Å². The van der Waals surface area contributed by atoms with E-state index in [1.54, 1.807) is 4.90 Å². The number of hydrogen-bond acceptors (Lipinski definition) is 4. The zero-order chi connectivity index (χ0) is 17.6. The lowest BCUT2D eigenvalue weighted by atomic mass is 10.1. The Morgan fingerprint density at radius 2 is 1.83 bits per heavy atom. The van der Waals surface area contributed by atoms with Gasteiger partial charge < -0.3 is 9.64 Å². The van der Waals surface area contributed by atoms with E-state index in [0.29, 0.717) is 19.5 Å². The Hall–Kier alpha value is -2.43. The van der Waals surface area contributed by atoms with Gasteiger partial charge in [-0.1, -0.05) is 41.6 Å². The van der Waals surface area contributed by atoms with Gasteiger partial charge in [-0.3, -0.25) is 0 Å². The maximum atomic E-state index is 12.4. The normalized spacial score (nSPS) is 11.3. The summed E-state index contributed by atoms with van der Waals surface area (Å²) >= 11 is 0. The highest BCUT2D eigenvalue weighted by atomic mass is 16.6. The van der Waals surface area contributed by atoms with Crippen LogP contribution in [0.4, 0.5) is 4.79 Å². The Kier molecular flexibility index (Phi) is 5.90. The predicted molar refractivity (Wildman–Crippen MR) is 95.9 cm³/mol. The maximum Gasteiger partial charge on any atom is 0.410 e. The summed E-state index contributed by atoms with van der Waals surface area (Å²) in [6.07, 6.45) is 0.151. The van der Waals surface area contributed by atoms with Crippen LogP contribution in [-0.2, 0) is 11.3 Å². The minimum Gasteiger partial charge on any atom is -0.444 e. The first-order valence-corrected chi connectivity index (χ1v) is 8.14. The molecule has 0 fully saturated rings. The van der Waals surface area contributed by atoms with E-state index in [9.17, 15) is 9.70 Å². The molecular weight excluding hydrogens is 304 g/mol. The molecule has 0 saturated carbocycles. The molecule has 5 heteroatoms. The van der Waals surface area contributed by atoms with Gasteiger partial charge in [0, 0.05) is 13.1 Å². The quantitative estimate of drug-likeness (QED) is 0.569. The molecule has 0 aliphatic rings. The number of carbonyl (C=O) groups excluding carboxylic acids is 1. The smallest absolute Gasteiger partial charge is 0.410 e. The Morgan fingerprint density at radius 1 is 1.12 bits per heavy atom. The van der Waals surface area contributed by atoms with Crippen LogP contribution in [0.3, 0.4) is 0 Å². The van der Waals surface area contributed by atoms with Gasteiger partial charge in [-0.2, -0.15) is 4.91 Å². The molecule has 0 saturated heterocycles. The van der Waals surface area contributed by atoms with Gasteiger partial charge in [0.25, 0.3) is 0 Å². The predicted octanol–water partition coefficient (Wildman–Crippen LogP) is 4.73. The molecule has 0 N–H and O–H groups in total. The molecular formula is C19H24N2O3. The number of hydrogen-bond donors (Lipinski definition) is 0. The summed E-state index contributed by atoms with van der Waals surface area (Å²) in [5.41, 5.74) is 0.473. The van der Waals surface area contributed by atoms with Gasteiger partial charge in [0.1, 0.15) is 5.60 Å². The summed E-state index contributed by atoms with van der Waals surface area (Å²) < 4.78 is 5.47. The first kappa shape index (κ1) is 17.9. The fourth-order valence-electron chi connectivity index (χ4n) is 2.45. The fraction of sp³-hybridized carbons (Fsp3) is 0.421. The summed E-state index contributed by atoms with van der Waals surface area (Å²) in [6.45, 7) is 6.59. The number of amides is 1. The SMILES string of the molecule is CC(C)(C)OC(=O)N(CCCN=O)Cc1ccc2ccccc2c1. The van der Waals surface area contributed by atoms with Crippen LogP contribution >= 0.6 is 0 Å². The van der Waals surface area contributed by atoms with Crippen LogP contribution < -0.4 is 0 Å². The van der Waals surface area contributed by atoms with Gasteiger partial charge in [-0.05, 0) is 49.6 Å². The molecule has 0 heterocycles. The second-order valence-electron chi connectivity index (χ2n) is 6.79. The van der Waals surface area contributed by atoms with E-state index in [1.807, 2.05) is 51.1 Å². The van der Waals surface area contributed by atoms with Crippen LogP contribution in [0.25, 0.3) is 10.8 Å². The molecule has 0 aromatic heterocycles. The minimum absolute atomic E-state index is 0.191. The van der Waals surface area contributed by atoms with Gasteiger partial charge in [-0.25, -0.2) is 4.79 Å². The van der Waals surface area contributed by atoms with Crippen molar-refractivity contribution in [1.82, 2.24) is 4.90 Å². The van der Waals surface area contributed by atoms with E-state index in [-0.39, 0.29) is 12.6 Å². The lowest BCUT2D eigenvalue weighted by Gasteiger charge is -2.27. The first-order valence-electron chi connectivity index (χ1n) is 8.14. The fourth-order valence-corrected chi connectivity index (χ4v) is 2.45. The van der Waals surface area contributed by atoms with Crippen molar-refractivity contribution in [3.05, 3.63) is 52.9 Å². The summed E-state index contributed by atoms with van der Waals surface area (Å²) in [5.74, 6) is 0. The molecule has 0 aliphatic heterocycles. The lowest BCUT2D eigenvalue weighted by Crippen LogP contribution is -2.37. The van der Waals surface area contributed by atoms with E-state index in [0.717, 1.165) is 16.3 Å². The summed E-state index contributed by atoms with van der Waals surface area (Å²) in [5, 5.41) is 5.16. The van der Waals surface area contributed by atoms with Gasteiger partial charge in [-0.15, -0.1) is 0 Å². The Morgan fingerprint density at radius 3 is 2.50 bits per heavy atom. The third-order valence-electron chi connectivity index (χ3n) is 3.52. The Bertz CT molecular complexity index is 707. The molecule has 24 heavy (non-hydrogen) atoms. The van der Waals surface area contributed by atoms with E-state index in [4.69, 9.17) is 4.74 Å². The van der Waals surface area contributed by atoms with Crippen LogP contribution in [0.1, 0.15) is 32.8 Å². The van der Waals surface area contributed by atoms with Crippen molar-refractivity contribution in [3.8, 4) is 0 Å². The number of benzene rings is 2. The van der Waals surface area contributed by atoms with Gasteiger partial charge in [0.2, 0.25) is 0 Å². The van der Waals surface area contributed by atoms with Crippen LogP contribution in [0.15, 0.2) is 47.6 Å². The molecule has 0 radical (unpaired) electrons. The number of fused-ring (bicyclic) bond motifs is 1. The molecule has 2 rings (SSSR count). The van der Waals surface area contributed by atoms with Gasteiger partial charge in [0.05, 0.1) is 6.54 Å². The number of carbonyl (C=O) groups is 1. The topological polar surface area (TPSA) is 59.0 Å². The minimum atomic E-state index is -0.554. The highest BCUT2D eigenvalue weighted by Gasteiger charge is 2.22. The van der Waals surface area contributed by atoms with Crippen LogP contribution in [-0.4, -0.2) is 29.7 Å². The molecule has 2 aromatic carbocycles. The molecule has 0 atom stereocenters. The summed E-state index contributed by atoms with van der Waals surface area (Å²) in [4.78, 5) is 24.3. The lowest BCUT2D eigenvalue weighted by molar-refractivity contribution is 0.0233. The van der Waals surface area contributed by atoms with E-state index < -0.39 is 5.60 Å². The summed E-state index contributed by atoms with van der Waals surface area (Å²) in [7, 11) is 0. The molecule has 0 bridgehead atoms. The zero-order valence-electron chi connectivity index (χ0n) is 14.5. The van der Waals surface area contributed by atoms with Crippen molar-refractivity contribution >= 4 is 16.9 Å². The molecule has 128 valence electrons. The van der Waals surface area contributed by atoms with Gasteiger partial charge in [0.15, 0.2) is 0 Å². The van der Waals surface area contributed by atoms with Crippen LogP contribution in [0, 0.1) is 4.91 Å². The highest BCUT2D eigenvalue weighted by molar-refractivity contribution is 5.83. The highest BCUT2D eigenvalue weighted by Crippen LogP contribution is 2.18.